The third-order valence-corrected chi connectivity index (χ3v) is 7.33. The summed E-state index contributed by atoms with van der Waals surface area (Å²) in [4.78, 5) is 25.5. The predicted molar refractivity (Wildman–Crippen MR) is 114 cm³/mol. The lowest BCUT2D eigenvalue weighted by atomic mass is 10.1. The largest absolute Gasteiger partial charge is 0.435 e. The smallest absolute Gasteiger partial charge is 0.387 e. The van der Waals surface area contributed by atoms with Gasteiger partial charge in [-0.25, -0.2) is 4.79 Å². The first-order chi connectivity index (χ1) is 14.5. The summed E-state index contributed by atoms with van der Waals surface area (Å²) in [6, 6.07) is 10.5. The summed E-state index contributed by atoms with van der Waals surface area (Å²) in [5.74, 6) is -0.279. The fourth-order valence-electron chi connectivity index (χ4n) is 3.92. The van der Waals surface area contributed by atoms with Gasteiger partial charge in [0.1, 0.15) is 5.75 Å². The fourth-order valence-corrected chi connectivity index (χ4v) is 6.02. The van der Waals surface area contributed by atoms with Crippen LogP contribution in [0.3, 0.4) is 0 Å². The quantitative estimate of drug-likeness (QED) is 0.550. The molecule has 2 heterocycles. The fraction of sp³-hybridized carbons (Fsp3) is 0.300. The normalized spacial score (nSPS) is 17.9. The summed E-state index contributed by atoms with van der Waals surface area (Å²) in [5, 5.41) is 2.81. The molecule has 0 spiro atoms. The number of rotatable bonds is 5. The SMILES string of the molecule is Cn1c(=O)n(-c2cccc(OC(F)F)c2)c2ccc(C(=O)NC3(C)CS(O)(O)C3)cc21. The number of fused-ring (bicyclic) bond motifs is 1. The number of amides is 1. The van der Waals surface area contributed by atoms with Gasteiger partial charge in [-0.2, -0.15) is 19.4 Å². The van der Waals surface area contributed by atoms with Gasteiger partial charge >= 0.3 is 12.3 Å². The van der Waals surface area contributed by atoms with Gasteiger partial charge in [0, 0.05) is 18.7 Å². The molecule has 11 heteroatoms. The Balaban J connectivity index is 1.69. The van der Waals surface area contributed by atoms with E-state index in [2.05, 4.69) is 10.1 Å². The summed E-state index contributed by atoms with van der Waals surface area (Å²) in [6.45, 7) is -1.25. The summed E-state index contributed by atoms with van der Waals surface area (Å²) < 4.78 is 51.4. The van der Waals surface area contributed by atoms with Crippen molar-refractivity contribution in [3.8, 4) is 11.4 Å². The molecule has 166 valence electrons. The molecule has 8 nitrogen and oxygen atoms in total. The highest BCUT2D eigenvalue weighted by molar-refractivity contribution is 8.25. The van der Waals surface area contributed by atoms with E-state index in [1.165, 1.54) is 27.3 Å². The van der Waals surface area contributed by atoms with E-state index in [1.807, 2.05) is 0 Å². The maximum Gasteiger partial charge on any atom is 0.387 e. The first kappa shape index (κ1) is 21.3. The number of nitrogens with zero attached hydrogens (tertiary/aromatic N) is 2. The number of aromatic nitrogens is 2. The molecule has 4 rings (SSSR count). The van der Waals surface area contributed by atoms with Crippen LogP contribution in [0.15, 0.2) is 47.3 Å². The highest BCUT2D eigenvalue weighted by Crippen LogP contribution is 2.53. The summed E-state index contributed by atoms with van der Waals surface area (Å²) >= 11 is 0. The van der Waals surface area contributed by atoms with Crippen molar-refractivity contribution < 1.29 is 27.4 Å². The molecule has 31 heavy (non-hydrogen) atoms. The van der Waals surface area contributed by atoms with E-state index in [9.17, 15) is 27.5 Å². The molecular weight excluding hydrogens is 432 g/mol. The lowest BCUT2D eigenvalue weighted by molar-refractivity contribution is -0.0498. The number of aryl methyl sites for hydroxylation is 1. The zero-order valence-corrected chi connectivity index (χ0v) is 17.5. The number of carbonyl (C=O) groups is 1. The van der Waals surface area contributed by atoms with Crippen LogP contribution >= 0.6 is 10.6 Å². The van der Waals surface area contributed by atoms with E-state index in [-0.39, 0.29) is 17.3 Å². The van der Waals surface area contributed by atoms with E-state index in [0.29, 0.717) is 22.3 Å². The molecule has 0 unspecified atom stereocenters. The van der Waals surface area contributed by atoms with Crippen LogP contribution < -0.4 is 15.7 Å². The third-order valence-electron chi connectivity index (χ3n) is 5.13. The first-order valence-corrected chi connectivity index (χ1v) is 11.2. The van der Waals surface area contributed by atoms with Gasteiger partial charge in [-0.15, -0.1) is 0 Å². The van der Waals surface area contributed by atoms with E-state index in [0.717, 1.165) is 0 Å². The first-order valence-electron chi connectivity index (χ1n) is 9.31. The molecule has 0 radical (unpaired) electrons. The van der Waals surface area contributed by atoms with Crippen molar-refractivity contribution >= 4 is 27.5 Å². The average Bonchev–Trinajstić information content (AvgIpc) is 2.89. The molecule has 1 aliphatic heterocycles. The Hall–Kier alpha value is -2.89. The minimum absolute atomic E-state index is 0.0767. The lowest BCUT2D eigenvalue weighted by Crippen LogP contribution is -2.61. The number of carbonyl (C=O) groups excluding carboxylic acids is 1. The maximum atomic E-state index is 12.8. The molecule has 1 amide bonds. The number of hydrogen-bond donors (Lipinski definition) is 3. The minimum Gasteiger partial charge on any atom is -0.435 e. The Morgan fingerprint density at radius 3 is 2.55 bits per heavy atom. The highest BCUT2D eigenvalue weighted by Gasteiger charge is 2.45. The van der Waals surface area contributed by atoms with Gasteiger partial charge in [-0.1, -0.05) is 6.07 Å². The Morgan fingerprint density at radius 1 is 1.19 bits per heavy atom. The van der Waals surface area contributed by atoms with Crippen LogP contribution in [0.4, 0.5) is 8.78 Å². The van der Waals surface area contributed by atoms with Crippen LogP contribution in [0, 0.1) is 0 Å². The van der Waals surface area contributed by atoms with Gasteiger partial charge in [0.25, 0.3) is 5.91 Å². The van der Waals surface area contributed by atoms with Crippen molar-refractivity contribution in [2.45, 2.75) is 19.1 Å². The van der Waals surface area contributed by atoms with Crippen LogP contribution in [0.5, 0.6) is 5.75 Å². The molecule has 3 aromatic rings. The predicted octanol–water partition coefficient (Wildman–Crippen LogP) is 3.18. The molecule has 2 aromatic carbocycles. The molecule has 1 aliphatic rings. The number of ether oxygens (including phenoxy) is 1. The van der Waals surface area contributed by atoms with Crippen LogP contribution in [0.1, 0.15) is 17.3 Å². The van der Waals surface area contributed by atoms with E-state index in [1.54, 1.807) is 38.2 Å². The van der Waals surface area contributed by atoms with Gasteiger partial charge in [0.15, 0.2) is 0 Å². The van der Waals surface area contributed by atoms with Crippen LogP contribution in [-0.4, -0.2) is 47.8 Å². The molecule has 0 bridgehead atoms. The van der Waals surface area contributed by atoms with Crippen LogP contribution in [0.25, 0.3) is 16.7 Å². The minimum atomic E-state index is -2.98. The van der Waals surface area contributed by atoms with Crippen molar-refractivity contribution in [3.05, 3.63) is 58.5 Å². The molecule has 0 atom stereocenters. The van der Waals surface area contributed by atoms with Crippen LogP contribution in [-0.2, 0) is 7.05 Å². The van der Waals surface area contributed by atoms with Gasteiger partial charge < -0.3 is 10.1 Å². The number of halogens is 2. The molecule has 0 aliphatic carbocycles. The molecule has 0 saturated carbocycles. The van der Waals surface area contributed by atoms with Gasteiger partial charge in [-0.3, -0.25) is 23.0 Å². The molecule has 3 N–H and O–H groups in total. The summed E-state index contributed by atoms with van der Waals surface area (Å²) in [6.07, 6.45) is 0. The Labute approximate surface area is 177 Å². The van der Waals surface area contributed by atoms with E-state index < -0.39 is 34.3 Å². The maximum absolute atomic E-state index is 12.8. The lowest BCUT2D eigenvalue weighted by Gasteiger charge is -2.54. The Kier molecular flexibility index (Phi) is 5.07. The van der Waals surface area contributed by atoms with Gasteiger partial charge in [-0.05, 0) is 37.3 Å². The van der Waals surface area contributed by atoms with Crippen molar-refractivity contribution in [3.63, 3.8) is 0 Å². The van der Waals surface area contributed by atoms with E-state index >= 15 is 0 Å². The number of hydrogen-bond acceptors (Lipinski definition) is 5. The molecule has 1 saturated heterocycles. The van der Waals surface area contributed by atoms with Gasteiger partial charge in [0.05, 0.1) is 33.8 Å². The zero-order valence-electron chi connectivity index (χ0n) is 16.7. The third kappa shape index (κ3) is 4.03. The second-order valence-corrected chi connectivity index (χ2v) is 10.0. The number of nitrogens with one attached hydrogen (secondary N) is 1. The van der Waals surface area contributed by atoms with Crippen molar-refractivity contribution in [1.29, 1.82) is 0 Å². The Bertz CT molecular complexity index is 1230. The summed E-state index contributed by atoms with van der Waals surface area (Å²) in [5.41, 5.74) is 0.496. The number of alkyl halides is 2. The molecular formula is C20H21F2N3O5S. The number of benzene rings is 2. The number of imidazole rings is 1. The van der Waals surface area contributed by atoms with Gasteiger partial charge in [0.2, 0.25) is 0 Å². The standard InChI is InChI=1S/C20H21F2N3O5S/c1-20(10-31(28,29)11-20)23-17(26)12-6-7-15-16(8-12)24(2)19(27)25(15)13-4-3-5-14(9-13)30-18(21)22/h3-9,18,28-29H,10-11H2,1-2H3,(H,23,26). The molecule has 1 aromatic heterocycles. The second kappa shape index (κ2) is 7.36. The second-order valence-electron chi connectivity index (χ2n) is 7.86. The van der Waals surface area contributed by atoms with Crippen molar-refractivity contribution in [2.75, 3.05) is 11.5 Å². The van der Waals surface area contributed by atoms with E-state index in [4.69, 9.17) is 0 Å². The van der Waals surface area contributed by atoms with Crippen molar-refractivity contribution in [1.82, 2.24) is 14.5 Å². The monoisotopic (exact) mass is 453 g/mol. The molecule has 1 fully saturated rings. The average molecular weight is 453 g/mol. The van der Waals surface area contributed by atoms with Crippen LogP contribution in [0.2, 0.25) is 0 Å². The Morgan fingerprint density at radius 2 is 1.90 bits per heavy atom. The van der Waals surface area contributed by atoms with Crippen molar-refractivity contribution in [2.24, 2.45) is 7.05 Å². The summed E-state index contributed by atoms with van der Waals surface area (Å²) in [7, 11) is -1.08. The zero-order chi connectivity index (χ0) is 22.6. The highest BCUT2D eigenvalue weighted by atomic mass is 32.3. The topological polar surface area (TPSA) is 106 Å².